The van der Waals surface area contributed by atoms with E-state index in [4.69, 9.17) is 9.97 Å². The van der Waals surface area contributed by atoms with Crippen molar-refractivity contribution in [1.82, 2.24) is 23.7 Å². The van der Waals surface area contributed by atoms with Crippen molar-refractivity contribution < 1.29 is 0 Å². The van der Waals surface area contributed by atoms with Gasteiger partial charge in [-0.25, -0.2) is 9.97 Å². The molecule has 0 bridgehead atoms. The third-order valence-corrected chi connectivity index (χ3v) is 24.7. The van der Waals surface area contributed by atoms with Crippen molar-refractivity contribution in [3.8, 4) is 118 Å². The Kier molecular flexibility index (Phi) is 13.2. The van der Waals surface area contributed by atoms with E-state index in [1.807, 2.05) is 0 Å². The van der Waals surface area contributed by atoms with Crippen LogP contribution >= 0.6 is 0 Å². The van der Waals surface area contributed by atoms with E-state index in [2.05, 4.69) is 389 Å². The molecule has 22 rings (SSSR count). The van der Waals surface area contributed by atoms with Gasteiger partial charge in [0.15, 0.2) is 5.82 Å². The van der Waals surface area contributed by atoms with Gasteiger partial charge in [-0.05, 0) is 197 Å². The molecular formula is C103H73N5. The SMILES string of the molecule is CC1(C)c2ccccc2-c2ccc(-c3ccc4c5ccccc5n(-c5ccc(-c6cc(-c7cccc(-n8c9ccccc9c9ccc(-c%10ccc%11c(c%10)C(C)(C)c%10ccccc%10-%11)cc98)c7)nc(-c7cccc(-n8c9ccccc9c9ccc(-c%10ccc%11c(c%10)C(C)(C)c%10ccccc%10-%11)cc98)c7)n6)cc5)c4c3)cc21. The molecule has 108 heavy (non-hydrogen) atoms. The normalized spacial score (nSPS) is 14.1. The standard InChI is InChI=1S/C103H73N5/c1-101(2)86-31-13-7-25-74(86)77-47-39-63(55-89(77)101)66-42-50-83-80-28-10-16-34-94(80)106(97(83)58-66)71-45-37-62(38-46-71)92-61-93(69-21-19-23-72(53-69)107-95-35-17-11-29-81(95)84-51-43-67(59-98(84)107)64-40-48-78-75-26-8-14-32-87(75)102(3,4)90(78)56-64)105-100(104-92)70-22-20-24-73(54-70)108-96-36-18-12-30-82(96)85-52-44-68(60-99(85)108)65-41-49-79-76-27-9-15-33-88(76)103(5,6)91(79)57-65/h7-61H,1-6H3. The minimum absolute atomic E-state index is 0.105. The first-order valence-electron chi connectivity index (χ1n) is 37.8. The fourth-order valence-corrected chi connectivity index (χ4v) is 19.2. The lowest BCUT2D eigenvalue weighted by atomic mass is 9.81. The summed E-state index contributed by atoms with van der Waals surface area (Å²) in [5, 5.41) is 7.25. The Labute approximate surface area is 627 Å². The zero-order valence-electron chi connectivity index (χ0n) is 61.0. The molecule has 0 aliphatic heterocycles. The van der Waals surface area contributed by atoms with Crippen LogP contribution in [0.2, 0.25) is 0 Å². The molecule has 510 valence electrons. The van der Waals surface area contributed by atoms with Crippen molar-refractivity contribution in [3.05, 3.63) is 367 Å². The van der Waals surface area contributed by atoms with Crippen molar-refractivity contribution in [1.29, 1.82) is 0 Å². The molecule has 15 aromatic carbocycles. The van der Waals surface area contributed by atoms with Gasteiger partial charge in [0, 0.05) is 82.3 Å². The third-order valence-electron chi connectivity index (χ3n) is 24.7. The predicted molar refractivity (Wildman–Crippen MR) is 450 cm³/mol. The van der Waals surface area contributed by atoms with E-state index in [0.717, 1.165) is 78.2 Å². The highest BCUT2D eigenvalue weighted by Crippen LogP contribution is 2.54. The van der Waals surface area contributed by atoms with E-state index < -0.39 is 0 Å². The predicted octanol–water partition coefficient (Wildman–Crippen LogP) is 26.7. The Bertz CT molecular complexity index is 6800. The Morgan fingerprint density at radius 2 is 0.500 bits per heavy atom. The number of nitrogens with zero attached hydrogens (tertiary/aromatic N) is 5. The Balaban J connectivity index is 0.684. The molecule has 0 N–H and O–H groups in total. The summed E-state index contributed by atoms with van der Waals surface area (Å²) in [7, 11) is 0. The summed E-state index contributed by atoms with van der Waals surface area (Å²) in [5.74, 6) is 0.637. The zero-order chi connectivity index (χ0) is 72.1. The van der Waals surface area contributed by atoms with E-state index in [1.54, 1.807) is 0 Å². The van der Waals surface area contributed by atoms with Gasteiger partial charge in [0.25, 0.3) is 0 Å². The van der Waals surface area contributed by atoms with Crippen molar-refractivity contribution in [2.75, 3.05) is 0 Å². The average molecular weight is 1380 g/mol. The summed E-state index contributed by atoms with van der Waals surface area (Å²) < 4.78 is 7.31. The first-order valence-corrected chi connectivity index (χ1v) is 37.8. The number of para-hydroxylation sites is 3. The van der Waals surface area contributed by atoms with Gasteiger partial charge in [-0.15, -0.1) is 0 Å². The molecule has 5 nitrogen and oxygen atoms in total. The average Bonchev–Trinajstić information content (AvgIpc) is 1.58. The summed E-state index contributed by atoms with van der Waals surface area (Å²) in [5.41, 5.74) is 37.6. The van der Waals surface area contributed by atoms with Gasteiger partial charge in [0.1, 0.15) is 0 Å². The van der Waals surface area contributed by atoms with E-state index in [-0.39, 0.29) is 16.2 Å². The van der Waals surface area contributed by atoms with Gasteiger partial charge in [-0.2, -0.15) is 0 Å². The Morgan fingerprint density at radius 1 is 0.194 bits per heavy atom. The molecule has 4 heterocycles. The maximum absolute atomic E-state index is 5.67. The number of benzene rings is 15. The van der Waals surface area contributed by atoms with Crippen LogP contribution in [-0.2, 0) is 16.2 Å². The first-order chi connectivity index (χ1) is 52.8. The minimum Gasteiger partial charge on any atom is -0.309 e. The van der Waals surface area contributed by atoms with Gasteiger partial charge in [-0.1, -0.05) is 278 Å². The van der Waals surface area contributed by atoms with E-state index in [1.165, 1.54) is 132 Å². The van der Waals surface area contributed by atoms with Crippen LogP contribution in [0.3, 0.4) is 0 Å². The number of aromatic nitrogens is 5. The lowest BCUT2D eigenvalue weighted by Crippen LogP contribution is -2.14. The number of fused-ring (bicyclic) bond motifs is 18. The molecule has 19 aromatic rings. The van der Waals surface area contributed by atoms with E-state index in [9.17, 15) is 0 Å². The second kappa shape index (κ2) is 22.9. The monoisotopic (exact) mass is 1380 g/mol. The van der Waals surface area contributed by atoms with Crippen LogP contribution in [0.1, 0.15) is 74.9 Å². The maximum atomic E-state index is 5.67. The van der Waals surface area contributed by atoms with Gasteiger partial charge >= 0.3 is 0 Å². The number of hydrogen-bond donors (Lipinski definition) is 0. The highest BCUT2D eigenvalue weighted by atomic mass is 15.0. The van der Waals surface area contributed by atoms with E-state index in [0.29, 0.717) is 5.82 Å². The van der Waals surface area contributed by atoms with Gasteiger partial charge < -0.3 is 13.7 Å². The van der Waals surface area contributed by atoms with Crippen LogP contribution in [0.4, 0.5) is 0 Å². The molecule has 0 unspecified atom stereocenters. The molecule has 0 fully saturated rings. The van der Waals surface area contributed by atoms with Gasteiger partial charge in [-0.3, -0.25) is 0 Å². The third kappa shape index (κ3) is 9.12. The molecule has 0 saturated carbocycles. The number of hydrogen-bond acceptors (Lipinski definition) is 2. The lowest BCUT2D eigenvalue weighted by molar-refractivity contribution is 0.660. The molecule has 0 saturated heterocycles. The molecular weight excluding hydrogens is 1310 g/mol. The lowest BCUT2D eigenvalue weighted by Gasteiger charge is -2.22. The summed E-state index contributed by atoms with van der Waals surface area (Å²) in [4.78, 5) is 11.3. The second-order valence-corrected chi connectivity index (χ2v) is 31.7. The van der Waals surface area contributed by atoms with Crippen molar-refractivity contribution in [3.63, 3.8) is 0 Å². The molecule has 0 amide bonds. The van der Waals surface area contributed by atoms with Crippen LogP contribution in [-0.4, -0.2) is 23.7 Å². The molecule has 4 aromatic heterocycles. The number of rotatable bonds is 9. The van der Waals surface area contributed by atoms with Crippen molar-refractivity contribution >= 4 is 65.4 Å². The van der Waals surface area contributed by atoms with Crippen LogP contribution in [0, 0.1) is 0 Å². The molecule has 3 aliphatic rings. The maximum Gasteiger partial charge on any atom is 0.160 e. The molecule has 3 aliphatic carbocycles. The fraction of sp³-hybridized carbons (Fsp3) is 0.0874. The topological polar surface area (TPSA) is 40.6 Å². The second-order valence-electron chi connectivity index (χ2n) is 31.7. The molecule has 0 atom stereocenters. The highest BCUT2D eigenvalue weighted by molar-refractivity contribution is 6.13. The summed E-state index contributed by atoms with van der Waals surface area (Å²) in [6.07, 6.45) is 0. The summed E-state index contributed by atoms with van der Waals surface area (Å²) in [6, 6.07) is 124. The Hall–Kier alpha value is -13.2. The minimum atomic E-state index is -0.116. The van der Waals surface area contributed by atoms with Crippen LogP contribution in [0.25, 0.3) is 183 Å². The van der Waals surface area contributed by atoms with Gasteiger partial charge in [0.05, 0.1) is 44.5 Å². The molecule has 5 heteroatoms. The quantitative estimate of drug-likeness (QED) is 0.144. The van der Waals surface area contributed by atoms with Crippen molar-refractivity contribution in [2.24, 2.45) is 0 Å². The van der Waals surface area contributed by atoms with Crippen LogP contribution < -0.4 is 0 Å². The smallest absolute Gasteiger partial charge is 0.160 e. The zero-order valence-corrected chi connectivity index (χ0v) is 61.0. The molecule has 0 spiro atoms. The largest absolute Gasteiger partial charge is 0.309 e. The Morgan fingerprint density at radius 3 is 0.917 bits per heavy atom. The summed E-state index contributed by atoms with van der Waals surface area (Å²) >= 11 is 0. The first kappa shape index (κ1) is 62.2. The van der Waals surface area contributed by atoms with Crippen LogP contribution in [0.5, 0.6) is 0 Å². The van der Waals surface area contributed by atoms with Gasteiger partial charge in [0.2, 0.25) is 0 Å². The fourth-order valence-electron chi connectivity index (χ4n) is 19.2. The highest BCUT2D eigenvalue weighted by Gasteiger charge is 2.38. The van der Waals surface area contributed by atoms with E-state index >= 15 is 0 Å². The van der Waals surface area contributed by atoms with Crippen molar-refractivity contribution in [2.45, 2.75) is 57.8 Å². The summed E-state index contributed by atoms with van der Waals surface area (Å²) in [6.45, 7) is 14.2. The molecule has 0 radical (unpaired) electrons. The van der Waals surface area contributed by atoms with Crippen LogP contribution in [0.15, 0.2) is 334 Å².